The SMILES string of the molecule is Cc1nnc2c(Oc3ccc(NC(=O)c4ccc(Br)o4)cc3)nc3ccccc3n12. The van der Waals surface area contributed by atoms with Gasteiger partial charge in [-0.15, -0.1) is 10.2 Å². The maximum Gasteiger partial charge on any atom is 0.291 e. The van der Waals surface area contributed by atoms with Gasteiger partial charge in [-0.3, -0.25) is 9.20 Å². The molecule has 0 aliphatic heterocycles. The normalized spacial score (nSPS) is 11.1. The molecule has 0 spiro atoms. The van der Waals surface area contributed by atoms with E-state index < -0.39 is 0 Å². The lowest BCUT2D eigenvalue weighted by Gasteiger charge is -2.09. The van der Waals surface area contributed by atoms with E-state index >= 15 is 0 Å². The summed E-state index contributed by atoms with van der Waals surface area (Å²) >= 11 is 3.18. The standard InChI is InChI=1S/C21H14BrN5O3/c1-12-25-26-19-21(24-15-4-2-3-5-16(15)27(12)19)29-14-8-6-13(7-9-14)23-20(28)17-10-11-18(22)30-17/h2-11H,1H3,(H,23,28). The van der Waals surface area contributed by atoms with Gasteiger partial charge in [0.05, 0.1) is 11.0 Å². The van der Waals surface area contributed by atoms with Crippen LogP contribution in [0.2, 0.25) is 0 Å². The van der Waals surface area contributed by atoms with E-state index in [9.17, 15) is 4.79 Å². The van der Waals surface area contributed by atoms with Gasteiger partial charge in [-0.25, -0.2) is 4.98 Å². The van der Waals surface area contributed by atoms with Gasteiger partial charge < -0.3 is 14.5 Å². The predicted molar refractivity (Wildman–Crippen MR) is 114 cm³/mol. The number of para-hydroxylation sites is 2. The summed E-state index contributed by atoms with van der Waals surface area (Å²) < 4.78 is 13.6. The maximum atomic E-state index is 12.2. The molecule has 5 rings (SSSR count). The van der Waals surface area contributed by atoms with Crippen molar-refractivity contribution < 1.29 is 13.9 Å². The van der Waals surface area contributed by atoms with Gasteiger partial charge in [0.1, 0.15) is 11.6 Å². The molecule has 3 heterocycles. The van der Waals surface area contributed by atoms with Gasteiger partial charge in [0.2, 0.25) is 5.65 Å². The Morgan fingerprint density at radius 1 is 1.07 bits per heavy atom. The molecular weight excluding hydrogens is 450 g/mol. The largest absolute Gasteiger partial charge is 0.444 e. The van der Waals surface area contributed by atoms with E-state index in [0.717, 1.165) is 16.9 Å². The molecule has 0 bridgehead atoms. The molecule has 1 N–H and O–H groups in total. The fourth-order valence-electron chi connectivity index (χ4n) is 3.11. The zero-order chi connectivity index (χ0) is 20.7. The van der Waals surface area contributed by atoms with Crippen molar-refractivity contribution in [3.05, 3.63) is 76.9 Å². The number of carbonyl (C=O) groups excluding carboxylic acids is 1. The number of nitrogens with zero attached hydrogens (tertiary/aromatic N) is 4. The zero-order valence-electron chi connectivity index (χ0n) is 15.7. The smallest absolute Gasteiger partial charge is 0.291 e. The number of aryl methyl sites for hydroxylation is 1. The highest BCUT2D eigenvalue weighted by Crippen LogP contribution is 2.28. The number of carbonyl (C=O) groups is 1. The van der Waals surface area contributed by atoms with Crippen molar-refractivity contribution in [2.75, 3.05) is 5.32 Å². The lowest BCUT2D eigenvalue weighted by atomic mass is 10.3. The third kappa shape index (κ3) is 3.29. The Morgan fingerprint density at radius 2 is 1.87 bits per heavy atom. The van der Waals surface area contributed by atoms with Crippen molar-refractivity contribution in [2.45, 2.75) is 6.92 Å². The minimum Gasteiger partial charge on any atom is -0.444 e. The van der Waals surface area contributed by atoms with E-state index in [0.29, 0.717) is 27.6 Å². The average molecular weight is 464 g/mol. The molecule has 0 saturated heterocycles. The molecular formula is C21H14BrN5O3. The van der Waals surface area contributed by atoms with Crippen LogP contribution in [-0.4, -0.2) is 25.5 Å². The molecule has 0 radical (unpaired) electrons. The van der Waals surface area contributed by atoms with Gasteiger partial charge in [0, 0.05) is 5.69 Å². The number of hydrogen-bond donors (Lipinski definition) is 1. The summed E-state index contributed by atoms with van der Waals surface area (Å²) in [6.45, 7) is 1.88. The lowest BCUT2D eigenvalue weighted by molar-refractivity contribution is 0.0995. The first-order chi connectivity index (χ1) is 14.6. The van der Waals surface area contributed by atoms with E-state index in [4.69, 9.17) is 9.15 Å². The van der Waals surface area contributed by atoms with Crippen molar-refractivity contribution in [3.8, 4) is 11.6 Å². The molecule has 0 fully saturated rings. The number of hydrogen-bond acceptors (Lipinski definition) is 6. The predicted octanol–water partition coefficient (Wildman–Crippen LogP) is 4.99. The Bertz CT molecular complexity index is 1390. The first-order valence-electron chi connectivity index (χ1n) is 9.03. The molecule has 0 atom stereocenters. The molecule has 1 amide bonds. The summed E-state index contributed by atoms with van der Waals surface area (Å²) in [4.78, 5) is 16.8. The van der Waals surface area contributed by atoms with E-state index in [1.807, 2.05) is 35.6 Å². The fraction of sp³-hybridized carbons (Fsp3) is 0.0476. The summed E-state index contributed by atoms with van der Waals surface area (Å²) in [5.41, 5.74) is 2.82. The van der Waals surface area contributed by atoms with Gasteiger partial charge in [-0.05, 0) is 71.4 Å². The number of benzene rings is 2. The molecule has 0 aliphatic rings. The Labute approximate surface area is 178 Å². The van der Waals surface area contributed by atoms with Crippen molar-refractivity contribution in [1.29, 1.82) is 0 Å². The third-order valence-corrected chi connectivity index (χ3v) is 4.91. The Balaban J connectivity index is 1.42. The molecule has 0 aliphatic carbocycles. The second-order valence-electron chi connectivity index (χ2n) is 6.50. The molecule has 0 unspecified atom stereocenters. The minimum absolute atomic E-state index is 0.215. The van der Waals surface area contributed by atoms with E-state index in [1.165, 1.54) is 0 Å². The van der Waals surface area contributed by atoms with Crippen LogP contribution in [0.5, 0.6) is 11.6 Å². The van der Waals surface area contributed by atoms with Gasteiger partial charge >= 0.3 is 0 Å². The van der Waals surface area contributed by atoms with Crippen LogP contribution in [0.1, 0.15) is 16.4 Å². The highest BCUT2D eigenvalue weighted by Gasteiger charge is 2.15. The summed E-state index contributed by atoms with van der Waals surface area (Å²) in [5.74, 6) is 1.53. The molecule has 0 saturated carbocycles. The number of aromatic nitrogens is 4. The van der Waals surface area contributed by atoms with Crippen LogP contribution in [0.3, 0.4) is 0 Å². The molecule has 148 valence electrons. The first-order valence-corrected chi connectivity index (χ1v) is 9.83. The number of amides is 1. The summed E-state index contributed by atoms with van der Waals surface area (Å²) in [7, 11) is 0. The van der Waals surface area contributed by atoms with Gasteiger partial charge in [0.15, 0.2) is 10.4 Å². The van der Waals surface area contributed by atoms with Crippen molar-refractivity contribution in [2.24, 2.45) is 0 Å². The number of nitrogens with one attached hydrogen (secondary N) is 1. The fourth-order valence-corrected chi connectivity index (χ4v) is 3.42. The monoisotopic (exact) mass is 463 g/mol. The lowest BCUT2D eigenvalue weighted by Crippen LogP contribution is -2.10. The van der Waals surface area contributed by atoms with Crippen LogP contribution in [0.25, 0.3) is 16.7 Å². The molecule has 3 aromatic heterocycles. The number of halogens is 1. The maximum absolute atomic E-state index is 12.2. The topological polar surface area (TPSA) is 94.6 Å². The van der Waals surface area contributed by atoms with Crippen LogP contribution in [0, 0.1) is 6.92 Å². The summed E-state index contributed by atoms with van der Waals surface area (Å²) in [5, 5.41) is 11.1. The quantitative estimate of drug-likeness (QED) is 0.403. The second kappa shape index (κ2) is 7.27. The molecule has 5 aromatic rings. The minimum atomic E-state index is -0.341. The number of rotatable bonds is 4. The van der Waals surface area contributed by atoms with Crippen LogP contribution in [0.4, 0.5) is 5.69 Å². The number of ether oxygens (including phenoxy) is 1. The Kier molecular flexibility index (Phi) is 4.44. The van der Waals surface area contributed by atoms with Crippen LogP contribution in [0.15, 0.2) is 69.8 Å². The zero-order valence-corrected chi connectivity index (χ0v) is 17.3. The Hall–Kier alpha value is -3.72. The van der Waals surface area contributed by atoms with Gasteiger partial charge in [-0.1, -0.05) is 12.1 Å². The van der Waals surface area contributed by atoms with Crippen molar-refractivity contribution >= 4 is 44.2 Å². The van der Waals surface area contributed by atoms with Crippen LogP contribution in [-0.2, 0) is 0 Å². The van der Waals surface area contributed by atoms with Gasteiger partial charge in [0.25, 0.3) is 11.8 Å². The average Bonchev–Trinajstić information content (AvgIpc) is 3.36. The number of furan rings is 1. The highest BCUT2D eigenvalue weighted by molar-refractivity contribution is 9.10. The molecule has 9 heteroatoms. The van der Waals surface area contributed by atoms with Crippen LogP contribution < -0.4 is 10.1 Å². The van der Waals surface area contributed by atoms with E-state index in [-0.39, 0.29) is 11.7 Å². The molecule has 30 heavy (non-hydrogen) atoms. The number of fused-ring (bicyclic) bond motifs is 3. The summed E-state index contributed by atoms with van der Waals surface area (Å²) in [6.07, 6.45) is 0. The molecule has 8 nitrogen and oxygen atoms in total. The third-order valence-electron chi connectivity index (χ3n) is 4.48. The Morgan fingerprint density at radius 3 is 2.63 bits per heavy atom. The van der Waals surface area contributed by atoms with Crippen molar-refractivity contribution in [1.82, 2.24) is 19.6 Å². The van der Waals surface area contributed by atoms with Crippen LogP contribution >= 0.6 is 15.9 Å². The van der Waals surface area contributed by atoms with E-state index in [1.54, 1.807) is 36.4 Å². The van der Waals surface area contributed by atoms with Gasteiger partial charge in [-0.2, -0.15) is 0 Å². The second-order valence-corrected chi connectivity index (χ2v) is 7.28. The highest BCUT2D eigenvalue weighted by atomic mass is 79.9. The van der Waals surface area contributed by atoms with E-state index in [2.05, 4.69) is 36.4 Å². The summed E-state index contributed by atoms with van der Waals surface area (Å²) in [6, 6.07) is 17.9. The van der Waals surface area contributed by atoms with Crippen molar-refractivity contribution in [3.63, 3.8) is 0 Å². The first kappa shape index (κ1) is 18.3. The number of anilines is 1. The molecule has 2 aromatic carbocycles.